The number of nitrogens with zero attached hydrogens (tertiary/aromatic N) is 1. The van der Waals surface area contributed by atoms with Crippen molar-refractivity contribution in [3.8, 4) is 0 Å². The number of benzene rings is 2. The first-order valence-corrected chi connectivity index (χ1v) is 12.2. The van der Waals surface area contributed by atoms with Gasteiger partial charge < -0.3 is 0 Å². The topological polar surface area (TPSA) is 101 Å². The predicted octanol–water partition coefficient (Wildman–Crippen LogP) is 3.10. The molecule has 0 saturated carbocycles. The minimum Gasteiger partial charge on any atom is -0.279 e. The quantitative estimate of drug-likeness (QED) is 0.794. The predicted molar refractivity (Wildman–Crippen MR) is 113 cm³/mol. The first kappa shape index (κ1) is 21.3. The van der Waals surface area contributed by atoms with Crippen LogP contribution in [0, 0.1) is 5.92 Å². The minimum atomic E-state index is -3.89. The second kappa shape index (κ2) is 7.14. The third-order valence-electron chi connectivity index (χ3n) is 4.72. The van der Waals surface area contributed by atoms with Crippen LogP contribution in [0.3, 0.4) is 0 Å². The fraction of sp³-hybridized carbons (Fsp3) is 0.350. The van der Waals surface area contributed by atoms with Crippen LogP contribution in [0.2, 0.25) is 0 Å². The Morgan fingerprint density at radius 2 is 1.62 bits per heavy atom. The summed E-state index contributed by atoms with van der Waals surface area (Å²) >= 11 is 0. The van der Waals surface area contributed by atoms with E-state index in [1.165, 1.54) is 24.3 Å². The molecule has 1 atom stereocenters. The molecule has 1 saturated heterocycles. The molecule has 9 heteroatoms. The molecule has 0 radical (unpaired) electrons. The summed E-state index contributed by atoms with van der Waals surface area (Å²) in [6, 6.07) is 12.4. The van der Waals surface area contributed by atoms with Gasteiger partial charge in [0.25, 0.3) is 10.0 Å². The molecule has 2 aromatic rings. The van der Waals surface area contributed by atoms with Crippen LogP contribution < -0.4 is 9.03 Å². The number of hydrogen-bond donors (Lipinski definition) is 1. The highest BCUT2D eigenvalue weighted by molar-refractivity contribution is 7.94. The van der Waals surface area contributed by atoms with Crippen molar-refractivity contribution >= 4 is 37.3 Å². The number of amides is 1. The van der Waals surface area contributed by atoms with Gasteiger partial charge in [-0.15, -0.1) is 0 Å². The third-order valence-corrected chi connectivity index (χ3v) is 7.97. The molecule has 1 fully saturated rings. The number of carbonyl (C=O) groups is 1. The average Bonchev–Trinajstić information content (AvgIpc) is 2.81. The number of carbonyl (C=O) groups excluding carboxylic acids is 1. The van der Waals surface area contributed by atoms with E-state index in [1.807, 2.05) is 32.9 Å². The van der Waals surface area contributed by atoms with Crippen LogP contribution in [0.1, 0.15) is 33.3 Å². The van der Waals surface area contributed by atoms with Gasteiger partial charge in [0.15, 0.2) is 0 Å². The largest absolute Gasteiger partial charge is 0.279 e. The zero-order valence-corrected chi connectivity index (χ0v) is 18.3. The summed E-state index contributed by atoms with van der Waals surface area (Å²) < 4.78 is 53.5. The lowest BCUT2D eigenvalue weighted by Crippen LogP contribution is -2.30. The van der Waals surface area contributed by atoms with Crippen molar-refractivity contribution in [2.45, 2.75) is 38.0 Å². The van der Waals surface area contributed by atoms with E-state index >= 15 is 0 Å². The molecule has 3 rings (SSSR count). The second-order valence-corrected chi connectivity index (χ2v) is 11.7. The maximum atomic E-state index is 12.8. The van der Waals surface area contributed by atoms with Crippen LogP contribution in [0.15, 0.2) is 53.4 Å². The Kier molecular flexibility index (Phi) is 5.25. The molecule has 2 aromatic carbocycles. The van der Waals surface area contributed by atoms with Gasteiger partial charge in [-0.05, 0) is 41.3 Å². The minimum absolute atomic E-state index is 0.0259. The molecule has 1 amide bonds. The summed E-state index contributed by atoms with van der Waals surface area (Å²) in [5, 5.41) is 0. The highest BCUT2D eigenvalue weighted by atomic mass is 32.2. The van der Waals surface area contributed by atoms with E-state index in [4.69, 9.17) is 0 Å². The molecule has 1 heterocycles. The van der Waals surface area contributed by atoms with Crippen molar-refractivity contribution in [2.75, 3.05) is 14.8 Å². The first-order chi connectivity index (χ1) is 13.3. The van der Waals surface area contributed by atoms with E-state index in [9.17, 15) is 21.6 Å². The lowest BCUT2D eigenvalue weighted by Gasteiger charge is -2.23. The molecule has 0 unspecified atom stereocenters. The van der Waals surface area contributed by atoms with E-state index in [2.05, 4.69) is 4.72 Å². The lowest BCUT2D eigenvalue weighted by molar-refractivity contribution is -0.119. The Labute approximate surface area is 171 Å². The Hall–Kier alpha value is -2.39. The van der Waals surface area contributed by atoms with Gasteiger partial charge in [0.05, 0.1) is 27.9 Å². The summed E-state index contributed by atoms with van der Waals surface area (Å²) in [5.74, 6) is -1.39. The SMILES string of the molecule is C[C@H]1CS(=O)(=O)N(c2ccc(S(=O)(=O)Nc3ccccc3C(C)(C)C)cc2)C1=O. The standard InChI is InChI=1S/C20H24N2O5S2/c1-14-13-28(24,25)22(19(14)23)15-9-11-16(12-10-15)29(26,27)21-18-8-6-5-7-17(18)20(2,3)4/h5-12,14,21H,13H2,1-4H3/t14-/m0/s1. The molecular formula is C20H24N2O5S2. The molecule has 0 spiro atoms. The van der Waals surface area contributed by atoms with Gasteiger partial charge in [0.2, 0.25) is 15.9 Å². The smallest absolute Gasteiger partial charge is 0.261 e. The maximum Gasteiger partial charge on any atom is 0.261 e. The fourth-order valence-corrected chi connectivity index (χ4v) is 6.18. The first-order valence-electron chi connectivity index (χ1n) is 9.12. The summed E-state index contributed by atoms with van der Waals surface area (Å²) in [4.78, 5) is 12.2. The van der Waals surface area contributed by atoms with Gasteiger partial charge in [0, 0.05) is 0 Å². The van der Waals surface area contributed by atoms with Crippen molar-refractivity contribution in [1.82, 2.24) is 0 Å². The van der Waals surface area contributed by atoms with Crippen LogP contribution in [-0.4, -0.2) is 28.5 Å². The number of para-hydroxylation sites is 1. The van der Waals surface area contributed by atoms with E-state index in [0.29, 0.717) is 5.69 Å². The number of nitrogens with one attached hydrogen (secondary N) is 1. The Morgan fingerprint density at radius 3 is 2.14 bits per heavy atom. The normalized spacial score (nSPS) is 19.4. The second-order valence-electron chi connectivity index (χ2n) is 8.18. The highest BCUT2D eigenvalue weighted by Gasteiger charge is 2.42. The van der Waals surface area contributed by atoms with Gasteiger partial charge in [-0.2, -0.15) is 0 Å². The van der Waals surface area contributed by atoms with Crippen molar-refractivity contribution < 1.29 is 21.6 Å². The van der Waals surface area contributed by atoms with Gasteiger partial charge in [-0.3, -0.25) is 9.52 Å². The molecular weight excluding hydrogens is 412 g/mol. The summed E-state index contributed by atoms with van der Waals surface area (Å²) in [5.41, 5.74) is 1.20. The van der Waals surface area contributed by atoms with Crippen molar-refractivity contribution in [3.05, 3.63) is 54.1 Å². The van der Waals surface area contributed by atoms with E-state index in [1.54, 1.807) is 19.1 Å². The number of rotatable bonds is 4. The zero-order valence-electron chi connectivity index (χ0n) is 16.7. The van der Waals surface area contributed by atoms with Gasteiger partial charge in [-0.1, -0.05) is 45.9 Å². The summed E-state index contributed by atoms with van der Waals surface area (Å²) in [7, 11) is -7.63. The van der Waals surface area contributed by atoms with Gasteiger partial charge in [-0.25, -0.2) is 21.1 Å². The van der Waals surface area contributed by atoms with Gasteiger partial charge in [0.1, 0.15) is 0 Å². The maximum absolute atomic E-state index is 12.8. The van der Waals surface area contributed by atoms with Gasteiger partial charge >= 0.3 is 0 Å². The number of sulfonamides is 2. The van der Waals surface area contributed by atoms with Crippen LogP contribution in [0.4, 0.5) is 11.4 Å². The van der Waals surface area contributed by atoms with Crippen LogP contribution in [-0.2, 0) is 30.3 Å². The molecule has 1 N–H and O–H groups in total. The monoisotopic (exact) mass is 436 g/mol. The van der Waals surface area contributed by atoms with E-state index < -0.39 is 31.9 Å². The lowest BCUT2D eigenvalue weighted by atomic mass is 9.86. The molecule has 1 aliphatic rings. The Morgan fingerprint density at radius 1 is 1.03 bits per heavy atom. The van der Waals surface area contributed by atoms with Crippen molar-refractivity contribution in [2.24, 2.45) is 5.92 Å². The van der Waals surface area contributed by atoms with Crippen LogP contribution in [0.5, 0.6) is 0 Å². The van der Waals surface area contributed by atoms with Crippen molar-refractivity contribution in [3.63, 3.8) is 0 Å². The Balaban J connectivity index is 1.92. The zero-order chi connectivity index (χ0) is 21.6. The summed E-state index contributed by atoms with van der Waals surface area (Å²) in [6.45, 7) is 7.52. The third kappa shape index (κ3) is 4.16. The number of hydrogen-bond acceptors (Lipinski definition) is 5. The Bertz CT molecular complexity index is 1150. The molecule has 156 valence electrons. The molecule has 1 aliphatic heterocycles. The number of anilines is 2. The highest BCUT2D eigenvalue weighted by Crippen LogP contribution is 2.32. The molecule has 0 aromatic heterocycles. The molecule has 29 heavy (non-hydrogen) atoms. The molecule has 0 aliphatic carbocycles. The van der Waals surface area contributed by atoms with E-state index in [-0.39, 0.29) is 21.8 Å². The van der Waals surface area contributed by atoms with Crippen LogP contribution in [0.25, 0.3) is 0 Å². The summed E-state index contributed by atoms with van der Waals surface area (Å²) in [6.07, 6.45) is 0. The fourth-order valence-electron chi connectivity index (χ4n) is 3.28. The molecule has 7 nitrogen and oxygen atoms in total. The molecule has 0 bridgehead atoms. The van der Waals surface area contributed by atoms with Crippen molar-refractivity contribution in [1.29, 1.82) is 0 Å². The average molecular weight is 437 g/mol. The van der Waals surface area contributed by atoms with Crippen LogP contribution >= 0.6 is 0 Å². The van der Waals surface area contributed by atoms with E-state index in [0.717, 1.165) is 9.87 Å².